The lowest BCUT2D eigenvalue weighted by atomic mass is 10.1. The minimum atomic E-state index is -0.414. The van der Waals surface area contributed by atoms with Crippen LogP contribution in [0, 0.1) is 6.92 Å². The van der Waals surface area contributed by atoms with Crippen molar-refractivity contribution in [2.45, 2.75) is 52.6 Å². The number of rotatable bonds is 6. The average molecular weight is 535 g/mol. The summed E-state index contributed by atoms with van der Waals surface area (Å²) in [6.07, 6.45) is 3.86. The third-order valence-corrected chi connectivity index (χ3v) is 7.66. The van der Waals surface area contributed by atoms with E-state index in [1.165, 1.54) is 11.8 Å². The van der Waals surface area contributed by atoms with Gasteiger partial charge in [-0.1, -0.05) is 35.4 Å². The van der Waals surface area contributed by atoms with Gasteiger partial charge in [0.2, 0.25) is 5.95 Å². The summed E-state index contributed by atoms with van der Waals surface area (Å²) in [5.41, 5.74) is 3.62. The first kappa shape index (κ1) is 26.2. The van der Waals surface area contributed by atoms with Crippen LogP contribution in [0.2, 0.25) is 5.02 Å². The molecule has 2 atom stereocenters. The van der Waals surface area contributed by atoms with Crippen molar-refractivity contribution in [2.24, 2.45) is 0 Å². The normalized spacial score (nSPS) is 19.7. The van der Waals surface area contributed by atoms with Gasteiger partial charge in [0.25, 0.3) is 0 Å². The molecule has 1 unspecified atom stereocenters. The zero-order chi connectivity index (χ0) is 26.8. The molecule has 1 aromatic carbocycles. The van der Waals surface area contributed by atoms with Crippen LogP contribution in [0.3, 0.4) is 0 Å². The zero-order valence-electron chi connectivity index (χ0n) is 22.5. The largest absolute Gasteiger partial charge is 0.462 e. The molecule has 2 aliphatic rings. The van der Waals surface area contributed by atoms with Crippen LogP contribution >= 0.6 is 11.6 Å². The number of hydrogen-bond acceptors (Lipinski definition) is 8. The molecule has 0 amide bonds. The molecule has 0 saturated carbocycles. The maximum absolute atomic E-state index is 12.1. The van der Waals surface area contributed by atoms with Crippen LogP contribution in [0.25, 0.3) is 11.3 Å². The Balaban J connectivity index is 1.41. The molecule has 8 nitrogen and oxygen atoms in total. The summed E-state index contributed by atoms with van der Waals surface area (Å²) < 4.78 is 5.08. The van der Waals surface area contributed by atoms with Crippen molar-refractivity contribution in [3.05, 3.63) is 58.7 Å². The van der Waals surface area contributed by atoms with Crippen molar-refractivity contribution in [3.8, 4) is 11.3 Å². The van der Waals surface area contributed by atoms with E-state index in [0.29, 0.717) is 29.1 Å². The van der Waals surface area contributed by atoms with Crippen LogP contribution in [-0.2, 0) is 4.74 Å². The van der Waals surface area contributed by atoms with Gasteiger partial charge < -0.3 is 19.4 Å². The average Bonchev–Trinajstić information content (AvgIpc) is 3.34. The van der Waals surface area contributed by atoms with E-state index in [9.17, 15) is 4.79 Å². The molecule has 0 N–H and O–H groups in total. The number of hydrogen-bond donors (Lipinski definition) is 0. The van der Waals surface area contributed by atoms with Crippen molar-refractivity contribution >= 4 is 35.2 Å². The van der Waals surface area contributed by atoms with Gasteiger partial charge in [-0.2, -0.15) is 4.98 Å². The summed E-state index contributed by atoms with van der Waals surface area (Å²) in [4.78, 5) is 33.5. The SMILES string of the molecule is CCOC(=O)c1cnc(N2CCN(c3cc(-c4cccc(C)c4)nc(N4CCCC4C)n3)[C@H](C)C2)c(Cl)c1. The summed E-state index contributed by atoms with van der Waals surface area (Å²) in [6, 6.07) is 12.8. The molecular formula is C29H35ClN6O2. The molecule has 38 heavy (non-hydrogen) atoms. The molecule has 2 saturated heterocycles. The summed E-state index contributed by atoms with van der Waals surface area (Å²) in [5, 5.41) is 0.449. The lowest BCUT2D eigenvalue weighted by molar-refractivity contribution is 0.0526. The molecule has 0 spiro atoms. The number of nitrogens with zero attached hydrogens (tertiary/aromatic N) is 6. The van der Waals surface area contributed by atoms with Gasteiger partial charge in [-0.25, -0.2) is 14.8 Å². The number of aryl methyl sites for hydroxylation is 1. The molecule has 9 heteroatoms. The van der Waals surface area contributed by atoms with Gasteiger partial charge in [0.15, 0.2) is 0 Å². The lowest BCUT2D eigenvalue weighted by Gasteiger charge is -2.41. The number of carbonyl (C=O) groups is 1. The summed E-state index contributed by atoms with van der Waals surface area (Å²) in [6.45, 7) is 11.8. The van der Waals surface area contributed by atoms with Gasteiger partial charge in [-0.15, -0.1) is 0 Å². The molecule has 4 heterocycles. The molecule has 0 radical (unpaired) electrons. The van der Waals surface area contributed by atoms with Gasteiger partial charge in [0.05, 0.1) is 22.9 Å². The van der Waals surface area contributed by atoms with Crippen LogP contribution < -0.4 is 14.7 Å². The van der Waals surface area contributed by atoms with Gasteiger partial charge in [-0.3, -0.25) is 0 Å². The highest BCUT2D eigenvalue weighted by molar-refractivity contribution is 6.33. The highest BCUT2D eigenvalue weighted by Crippen LogP contribution is 2.32. The first-order valence-corrected chi connectivity index (χ1v) is 13.8. The van der Waals surface area contributed by atoms with E-state index in [1.54, 1.807) is 13.0 Å². The third-order valence-electron chi connectivity index (χ3n) is 7.38. The Morgan fingerprint density at radius 2 is 1.92 bits per heavy atom. The van der Waals surface area contributed by atoms with Crippen LogP contribution in [0.4, 0.5) is 17.6 Å². The van der Waals surface area contributed by atoms with E-state index in [4.69, 9.17) is 26.3 Å². The van der Waals surface area contributed by atoms with Gasteiger partial charge in [0.1, 0.15) is 11.6 Å². The summed E-state index contributed by atoms with van der Waals surface area (Å²) in [5.74, 6) is 2.01. The molecule has 0 bridgehead atoms. The quantitative estimate of drug-likeness (QED) is 0.390. The molecule has 2 aromatic heterocycles. The Labute approximate surface area is 229 Å². The van der Waals surface area contributed by atoms with E-state index in [1.807, 2.05) is 0 Å². The fraction of sp³-hybridized carbons (Fsp3) is 0.448. The highest BCUT2D eigenvalue weighted by atomic mass is 35.5. The number of benzene rings is 1. The minimum Gasteiger partial charge on any atom is -0.462 e. The topological polar surface area (TPSA) is 74.7 Å². The van der Waals surface area contributed by atoms with Gasteiger partial charge in [-0.05, 0) is 52.7 Å². The lowest BCUT2D eigenvalue weighted by Crippen LogP contribution is -2.52. The van der Waals surface area contributed by atoms with Crippen LogP contribution in [-0.4, -0.2) is 65.8 Å². The van der Waals surface area contributed by atoms with Crippen molar-refractivity contribution < 1.29 is 9.53 Å². The summed E-state index contributed by atoms with van der Waals surface area (Å²) in [7, 11) is 0. The fourth-order valence-electron chi connectivity index (χ4n) is 5.36. The first-order chi connectivity index (χ1) is 18.3. The zero-order valence-corrected chi connectivity index (χ0v) is 23.3. The molecule has 2 fully saturated rings. The first-order valence-electron chi connectivity index (χ1n) is 13.4. The molecule has 0 aliphatic carbocycles. The predicted molar refractivity (Wildman–Crippen MR) is 152 cm³/mol. The van der Waals surface area contributed by atoms with Crippen molar-refractivity contribution in [1.29, 1.82) is 0 Å². The Kier molecular flexibility index (Phi) is 7.70. The Hall–Kier alpha value is -3.39. The van der Waals surface area contributed by atoms with Crippen molar-refractivity contribution in [3.63, 3.8) is 0 Å². The number of aromatic nitrogens is 3. The van der Waals surface area contributed by atoms with Crippen molar-refractivity contribution in [1.82, 2.24) is 15.0 Å². The number of pyridine rings is 1. The Morgan fingerprint density at radius 1 is 1.08 bits per heavy atom. The predicted octanol–water partition coefficient (Wildman–Crippen LogP) is 5.38. The van der Waals surface area contributed by atoms with E-state index in [2.05, 4.69) is 70.8 Å². The second-order valence-electron chi connectivity index (χ2n) is 10.2. The van der Waals surface area contributed by atoms with Gasteiger partial charge in [0, 0.05) is 56.1 Å². The molecule has 5 rings (SSSR count). The standard InChI is InChI=1S/C29H35ClN6O2/c1-5-38-28(37)23-15-24(30)27(31-17-23)34-12-13-35(21(4)18-34)26-16-25(22-10-6-8-19(2)14-22)32-29(33-26)36-11-7-9-20(36)3/h6,8,10,14-17,20-21H,5,7,9,11-13,18H2,1-4H3/t20?,21-/m1/s1. The number of ether oxygens (including phenoxy) is 1. The number of carbonyl (C=O) groups excluding carboxylic acids is 1. The highest BCUT2D eigenvalue weighted by Gasteiger charge is 2.30. The van der Waals surface area contributed by atoms with E-state index in [0.717, 1.165) is 62.0 Å². The molecule has 200 valence electrons. The third kappa shape index (κ3) is 5.41. The van der Waals surface area contributed by atoms with Crippen molar-refractivity contribution in [2.75, 3.05) is 47.5 Å². The maximum Gasteiger partial charge on any atom is 0.339 e. The maximum atomic E-state index is 12.1. The summed E-state index contributed by atoms with van der Waals surface area (Å²) >= 11 is 6.56. The second kappa shape index (κ2) is 11.2. The fourth-order valence-corrected chi connectivity index (χ4v) is 5.65. The van der Waals surface area contributed by atoms with Gasteiger partial charge >= 0.3 is 5.97 Å². The number of anilines is 3. The molecule has 2 aliphatic heterocycles. The number of halogens is 1. The Morgan fingerprint density at radius 3 is 2.61 bits per heavy atom. The van der Waals surface area contributed by atoms with Crippen LogP contribution in [0.1, 0.15) is 49.5 Å². The van der Waals surface area contributed by atoms with Crippen LogP contribution in [0.5, 0.6) is 0 Å². The van der Waals surface area contributed by atoms with Crippen LogP contribution in [0.15, 0.2) is 42.6 Å². The monoisotopic (exact) mass is 534 g/mol. The molecular weight excluding hydrogens is 500 g/mol. The van der Waals surface area contributed by atoms with E-state index < -0.39 is 5.97 Å². The van der Waals surface area contributed by atoms with E-state index >= 15 is 0 Å². The van der Waals surface area contributed by atoms with E-state index in [-0.39, 0.29) is 6.04 Å². The smallest absolute Gasteiger partial charge is 0.339 e. The number of piperazine rings is 1. The number of esters is 1. The molecule has 3 aromatic rings. The second-order valence-corrected chi connectivity index (χ2v) is 10.6. The minimum absolute atomic E-state index is 0.162. The Bertz CT molecular complexity index is 1320.